The summed E-state index contributed by atoms with van der Waals surface area (Å²) < 4.78 is 0. The van der Waals surface area contributed by atoms with Crippen molar-refractivity contribution in [3.8, 4) is 0 Å². The van der Waals surface area contributed by atoms with Gasteiger partial charge in [-0.25, -0.2) is 0 Å². The van der Waals surface area contributed by atoms with Gasteiger partial charge in [0.05, 0.1) is 6.54 Å². The van der Waals surface area contributed by atoms with Crippen molar-refractivity contribution in [1.29, 1.82) is 0 Å². The van der Waals surface area contributed by atoms with Gasteiger partial charge in [-0.1, -0.05) is 54.6 Å². The van der Waals surface area contributed by atoms with Crippen LogP contribution in [0.2, 0.25) is 0 Å². The Hall–Kier alpha value is -2.17. The van der Waals surface area contributed by atoms with Gasteiger partial charge in [-0.3, -0.25) is 9.69 Å². The van der Waals surface area contributed by atoms with Crippen LogP contribution in [0.5, 0.6) is 0 Å². The minimum Gasteiger partial charge on any atom is -0.340 e. The molecule has 1 atom stereocenters. The molecule has 26 heavy (non-hydrogen) atoms. The number of aryl methyl sites for hydroxylation is 1. The molecule has 3 rings (SSSR count). The molecular formula is C22H29N3O. The molecule has 0 spiro atoms. The van der Waals surface area contributed by atoms with Crippen LogP contribution in [0.25, 0.3) is 0 Å². The van der Waals surface area contributed by atoms with Gasteiger partial charge in [0.2, 0.25) is 5.91 Å². The number of rotatable bonds is 5. The Kier molecular flexibility index (Phi) is 6.07. The predicted molar refractivity (Wildman–Crippen MR) is 106 cm³/mol. The molecule has 2 aromatic carbocycles. The maximum Gasteiger partial charge on any atom is 0.236 e. The lowest BCUT2D eigenvalue weighted by atomic mass is 10.0. The van der Waals surface area contributed by atoms with Crippen molar-refractivity contribution in [2.45, 2.75) is 19.5 Å². The van der Waals surface area contributed by atoms with E-state index in [1.807, 2.05) is 30.1 Å². The van der Waals surface area contributed by atoms with E-state index >= 15 is 0 Å². The molecule has 1 heterocycles. The molecule has 4 heteroatoms. The van der Waals surface area contributed by atoms with Gasteiger partial charge in [0.1, 0.15) is 0 Å². The molecule has 0 aliphatic carbocycles. The monoisotopic (exact) mass is 351 g/mol. The average molecular weight is 351 g/mol. The summed E-state index contributed by atoms with van der Waals surface area (Å²) in [6.07, 6.45) is 0. The molecule has 1 amide bonds. The zero-order valence-electron chi connectivity index (χ0n) is 16.1. The molecule has 1 aliphatic heterocycles. The number of benzene rings is 2. The zero-order valence-corrected chi connectivity index (χ0v) is 16.1. The van der Waals surface area contributed by atoms with E-state index in [1.165, 1.54) is 16.7 Å². The van der Waals surface area contributed by atoms with E-state index in [0.717, 1.165) is 19.6 Å². The molecule has 138 valence electrons. The smallest absolute Gasteiger partial charge is 0.236 e. The number of carbonyl (C=O) groups excluding carboxylic acids is 1. The fraction of sp³-hybridized carbons (Fsp3) is 0.409. The van der Waals surface area contributed by atoms with E-state index < -0.39 is 0 Å². The molecule has 0 radical (unpaired) electrons. The summed E-state index contributed by atoms with van der Waals surface area (Å²) in [5.74, 6) is 0.179. The molecule has 0 bridgehead atoms. The molecule has 2 aromatic rings. The fourth-order valence-corrected chi connectivity index (χ4v) is 3.56. The maximum atomic E-state index is 12.9. The molecule has 1 aliphatic rings. The third kappa shape index (κ3) is 4.51. The Morgan fingerprint density at radius 2 is 1.77 bits per heavy atom. The van der Waals surface area contributed by atoms with E-state index in [0.29, 0.717) is 13.1 Å². The van der Waals surface area contributed by atoms with Crippen LogP contribution < -0.4 is 0 Å². The first-order valence-corrected chi connectivity index (χ1v) is 9.30. The topological polar surface area (TPSA) is 26.8 Å². The van der Waals surface area contributed by atoms with Crippen LogP contribution in [0, 0.1) is 6.92 Å². The summed E-state index contributed by atoms with van der Waals surface area (Å²) in [6, 6.07) is 19.1. The first-order valence-electron chi connectivity index (χ1n) is 9.30. The second-order valence-electron chi connectivity index (χ2n) is 7.34. The van der Waals surface area contributed by atoms with Crippen LogP contribution in [0.3, 0.4) is 0 Å². The number of carbonyl (C=O) groups is 1. The van der Waals surface area contributed by atoms with E-state index in [1.54, 1.807) is 0 Å². The summed E-state index contributed by atoms with van der Waals surface area (Å²) in [5.41, 5.74) is 3.73. The van der Waals surface area contributed by atoms with E-state index in [-0.39, 0.29) is 11.9 Å². The van der Waals surface area contributed by atoms with Gasteiger partial charge in [0, 0.05) is 39.3 Å². The molecule has 4 nitrogen and oxygen atoms in total. The summed E-state index contributed by atoms with van der Waals surface area (Å²) in [4.78, 5) is 19.4. The fourth-order valence-electron chi connectivity index (χ4n) is 3.56. The molecule has 0 saturated carbocycles. The molecule has 0 aromatic heterocycles. The Morgan fingerprint density at radius 3 is 2.50 bits per heavy atom. The van der Waals surface area contributed by atoms with Crippen LogP contribution >= 0.6 is 0 Å². The largest absolute Gasteiger partial charge is 0.340 e. The first-order chi connectivity index (χ1) is 12.5. The predicted octanol–water partition coefficient (Wildman–Crippen LogP) is 2.94. The van der Waals surface area contributed by atoms with E-state index in [9.17, 15) is 4.79 Å². The van der Waals surface area contributed by atoms with Crippen molar-refractivity contribution in [2.24, 2.45) is 0 Å². The lowest BCUT2D eigenvalue weighted by Gasteiger charge is -2.40. The minimum atomic E-state index is 0.179. The van der Waals surface area contributed by atoms with Crippen LogP contribution in [0.4, 0.5) is 0 Å². The highest BCUT2D eigenvalue weighted by molar-refractivity contribution is 5.78. The van der Waals surface area contributed by atoms with Gasteiger partial charge < -0.3 is 9.80 Å². The Labute approximate surface area is 157 Å². The summed E-state index contributed by atoms with van der Waals surface area (Å²) in [6.45, 7) is 6.10. The summed E-state index contributed by atoms with van der Waals surface area (Å²) in [5, 5.41) is 0. The number of nitrogens with zero attached hydrogens (tertiary/aromatic N) is 3. The maximum absolute atomic E-state index is 12.9. The summed E-state index contributed by atoms with van der Waals surface area (Å²) >= 11 is 0. The van der Waals surface area contributed by atoms with Crippen molar-refractivity contribution in [3.05, 3.63) is 71.3 Å². The number of piperazine rings is 1. The van der Waals surface area contributed by atoms with E-state index in [4.69, 9.17) is 0 Å². The average Bonchev–Trinajstić information content (AvgIpc) is 2.65. The van der Waals surface area contributed by atoms with Crippen LogP contribution in [0.15, 0.2) is 54.6 Å². The van der Waals surface area contributed by atoms with Crippen LogP contribution in [-0.2, 0) is 11.3 Å². The zero-order chi connectivity index (χ0) is 18.5. The van der Waals surface area contributed by atoms with Gasteiger partial charge in [-0.05, 0) is 30.7 Å². The first kappa shape index (κ1) is 18.6. The van der Waals surface area contributed by atoms with Gasteiger partial charge in [0.15, 0.2) is 0 Å². The molecule has 1 fully saturated rings. The Morgan fingerprint density at radius 1 is 1.08 bits per heavy atom. The second kappa shape index (κ2) is 8.47. The van der Waals surface area contributed by atoms with Crippen molar-refractivity contribution in [2.75, 3.05) is 40.3 Å². The quantitative estimate of drug-likeness (QED) is 0.829. The number of hydrogen-bond donors (Lipinski definition) is 0. The summed E-state index contributed by atoms with van der Waals surface area (Å²) in [7, 11) is 4.06. The number of likely N-dealkylation sites (N-methyl/N-ethyl adjacent to an activating group) is 2. The van der Waals surface area contributed by atoms with Gasteiger partial charge in [-0.2, -0.15) is 0 Å². The second-order valence-corrected chi connectivity index (χ2v) is 7.34. The molecular weight excluding hydrogens is 322 g/mol. The van der Waals surface area contributed by atoms with Crippen molar-refractivity contribution in [1.82, 2.24) is 14.7 Å². The molecule has 1 saturated heterocycles. The highest BCUT2D eigenvalue weighted by atomic mass is 16.2. The number of hydrogen-bond acceptors (Lipinski definition) is 3. The van der Waals surface area contributed by atoms with Gasteiger partial charge in [-0.15, -0.1) is 0 Å². The van der Waals surface area contributed by atoms with E-state index in [2.05, 4.69) is 60.2 Å². The normalized spacial score (nSPS) is 18.7. The lowest BCUT2D eigenvalue weighted by Crippen LogP contribution is -2.50. The highest BCUT2D eigenvalue weighted by Gasteiger charge is 2.28. The van der Waals surface area contributed by atoms with Crippen molar-refractivity contribution >= 4 is 5.91 Å². The highest BCUT2D eigenvalue weighted by Crippen LogP contribution is 2.24. The van der Waals surface area contributed by atoms with Crippen LogP contribution in [-0.4, -0.2) is 60.9 Å². The van der Waals surface area contributed by atoms with Crippen LogP contribution in [0.1, 0.15) is 22.7 Å². The van der Waals surface area contributed by atoms with Crippen molar-refractivity contribution in [3.63, 3.8) is 0 Å². The third-order valence-corrected chi connectivity index (χ3v) is 5.31. The molecule has 1 unspecified atom stereocenters. The third-order valence-electron chi connectivity index (χ3n) is 5.31. The minimum absolute atomic E-state index is 0.179. The number of amides is 1. The Balaban J connectivity index is 1.67. The van der Waals surface area contributed by atoms with Crippen molar-refractivity contribution < 1.29 is 4.79 Å². The van der Waals surface area contributed by atoms with Gasteiger partial charge >= 0.3 is 0 Å². The molecule has 0 N–H and O–H groups in total. The van der Waals surface area contributed by atoms with Gasteiger partial charge in [0.25, 0.3) is 0 Å². The SMILES string of the molecule is Cc1ccccc1CN(C)C(=O)CN1CCN(C)CC1c1ccccc1. The Bertz CT molecular complexity index is 731. The lowest BCUT2D eigenvalue weighted by molar-refractivity contribution is -0.133. The standard InChI is InChI=1S/C22H29N3O/c1-18-9-7-8-12-20(18)15-24(3)22(26)17-25-14-13-23(2)16-21(25)19-10-5-4-6-11-19/h4-12,21H,13-17H2,1-3H3.